The lowest BCUT2D eigenvalue weighted by molar-refractivity contribution is 0.0556. The van der Waals surface area contributed by atoms with E-state index < -0.39 is 0 Å². The number of carbonyl (C=O) groups is 1. The van der Waals surface area contributed by atoms with E-state index in [2.05, 4.69) is 13.8 Å². The number of piperidine rings is 1. The van der Waals surface area contributed by atoms with Gasteiger partial charge in [0, 0.05) is 23.0 Å². The SMILES string of the molecule is CC1CCCN(C(=O)c2cc3cc(N)ccc3s2)C1C. The first kappa shape index (κ1) is 13.4. The average molecular weight is 288 g/mol. The fourth-order valence-corrected chi connectivity index (χ4v) is 3.93. The Balaban J connectivity index is 1.92. The van der Waals surface area contributed by atoms with Crippen LogP contribution in [0, 0.1) is 5.92 Å². The molecule has 1 fully saturated rings. The van der Waals surface area contributed by atoms with Crippen LogP contribution in [0.3, 0.4) is 0 Å². The third-order valence-electron chi connectivity index (χ3n) is 4.39. The quantitative estimate of drug-likeness (QED) is 0.812. The third kappa shape index (κ3) is 2.29. The van der Waals surface area contributed by atoms with Gasteiger partial charge in [-0.1, -0.05) is 6.92 Å². The number of likely N-dealkylation sites (tertiary alicyclic amines) is 1. The summed E-state index contributed by atoms with van der Waals surface area (Å²) < 4.78 is 1.13. The Hall–Kier alpha value is -1.55. The molecule has 2 N–H and O–H groups in total. The van der Waals surface area contributed by atoms with Crippen molar-refractivity contribution in [2.24, 2.45) is 5.92 Å². The Labute approximate surface area is 123 Å². The molecule has 2 unspecified atom stereocenters. The van der Waals surface area contributed by atoms with Crippen LogP contribution in [0.2, 0.25) is 0 Å². The first-order chi connectivity index (χ1) is 9.56. The molecule has 0 saturated carbocycles. The molecule has 4 heteroatoms. The number of fused-ring (bicyclic) bond motifs is 1. The molecule has 3 nitrogen and oxygen atoms in total. The van der Waals surface area contributed by atoms with E-state index in [0.717, 1.165) is 33.6 Å². The van der Waals surface area contributed by atoms with Crippen molar-refractivity contribution in [1.82, 2.24) is 4.90 Å². The highest BCUT2D eigenvalue weighted by atomic mass is 32.1. The topological polar surface area (TPSA) is 46.3 Å². The number of nitrogen functional groups attached to an aromatic ring is 1. The zero-order chi connectivity index (χ0) is 14.3. The molecule has 0 aliphatic carbocycles. The van der Waals surface area contributed by atoms with Gasteiger partial charge in [0.2, 0.25) is 0 Å². The number of hydrogen-bond acceptors (Lipinski definition) is 3. The van der Waals surface area contributed by atoms with Gasteiger partial charge in [-0.2, -0.15) is 0 Å². The Bertz CT molecular complexity index is 649. The van der Waals surface area contributed by atoms with Gasteiger partial charge in [0.05, 0.1) is 4.88 Å². The smallest absolute Gasteiger partial charge is 0.264 e. The van der Waals surface area contributed by atoms with Crippen LogP contribution in [0.15, 0.2) is 24.3 Å². The number of benzene rings is 1. The fraction of sp³-hybridized carbons (Fsp3) is 0.438. The molecule has 1 amide bonds. The van der Waals surface area contributed by atoms with Crippen LogP contribution < -0.4 is 5.73 Å². The molecular weight excluding hydrogens is 268 g/mol. The molecule has 0 spiro atoms. The van der Waals surface area contributed by atoms with Crippen molar-refractivity contribution < 1.29 is 4.79 Å². The summed E-state index contributed by atoms with van der Waals surface area (Å²) in [6.07, 6.45) is 2.32. The van der Waals surface area contributed by atoms with Crippen molar-refractivity contribution in [1.29, 1.82) is 0 Å². The molecule has 3 rings (SSSR count). The summed E-state index contributed by atoms with van der Waals surface area (Å²) in [7, 11) is 0. The van der Waals surface area contributed by atoms with E-state index in [1.165, 1.54) is 6.42 Å². The number of amides is 1. The van der Waals surface area contributed by atoms with Gasteiger partial charge in [-0.25, -0.2) is 0 Å². The van der Waals surface area contributed by atoms with Gasteiger partial charge in [0.25, 0.3) is 5.91 Å². The second kappa shape index (κ2) is 5.09. The molecule has 1 aliphatic rings. The first-order valence-corrected chi connectivity index (χ1v) is 7.98. The largest absolute Gasteiger partial charge is 0.399 e. The molecule has 1 aromatic carbocycles. The number of thiophene rings is 1. The maximum Gasteiger partial charge on any atom is 0.264 e. The Kier molecular flexibility index (Phi) is 3.42. The maximum absolute atomic E-state index is 12.7. The van der Waals surface area contributed by atoms with Gasteiger partial charge in [-0.15, -0.1) is 11.3 Å². The van der Waals surface area contributed by atoms with Crippen LogP contribution >= 0.6 is 11.3 Å². The van der Waals surface area contributed by atoms with Crippen LogP contribution in [0.5, 0.6) is 0 Å². The van der Waals surface area contributed by atoms with Crippen LogP contribution in [0.25, 0.3) is 10.1 Å². The van der Waals surface area contributed by atoms with Crippen molar-refractivity contribution >= 4 is 33.0 Å². The zero-order valence-corrected chi connectivity index (χ0v) is 12.7. The summed E-state index contributed by atoms with van der Waals surface area (Å²) in [5, 5.41) is 1.07. The number of carbonyl (C=O) groups excluding carboxylic acids is 1. The van der Waals surface area contributed by atoms with E-state index in [4.69, 9.17) is 5.73 Å². The first-order valence-electron chi connectivity index (χ1n) is 7.16. The summed E-state index contributed by atoms with van der Waals surface area (Å²) in [6.45, 7) is 5.27. The van der Waals surface area contributed by atoms with Crippen molar-refractivity contribution in [2.75, 3.05) is 12.3 Å². The predicted octanol–water partition coefficient (Wildman–Crippen LogP) is 3.74. The molecule has 0 bridgehead atoms. The molecule has 2 heterocycles. The maximum atomic E-state index is 12.7. The van der Waals surface area contributed by atoms with Crippen LogP contribution in [-0.4, -0.2) is 23.4 Å². The summed E-state index contributed by atoms with van der Waals surface area (Å²) in [5.41, 5.74) is 6.55. The van der Waals surface area contributed by atoms with E-state index in [-0.39, 0.29) is 5.91 Å². The Morgan fingerprint density at radius 3 is 2.95 bits per heavy atom. The molecule has 2 aromatic rings. The van der Waals surface area contributed by atoms with Crippen molar-refractivity contribution in [3.63, 3.8) is 0 Å². The minimum absolute atomic E-state index is 0.170. The zero-order valence-electron chi connectivity index (χ0n) is 11.9. The second-order valence-electron chi connectivity index (χ2n) is 5.77. The molecule has 1 saturated heterocycles. The lowest BCUT2D eigenvalue weighted by atomic mass is 9.92. The van der Waals surface area contributed by atoms with E-state index in [0.29, 0.717) is 12.0 Å². The summed E-state index contributed by atoms with van der Waals surface area (Å²) in [6, 6.07) is 8.12. The van der Waals surface area contributed by atoms with E-state index in [1.807, 2.05) is 29.2 Å². The highest BCUT2D eigenvalue weighted by molar-refractivity contribution is 7.20. The Morgan fingerprint density at radius 1 is 1.35 bits per heavy atom. The number of hydrogen-bond donors (Lipinski definition) is 1. The van der Waals surface area contributed by atoms with E-state index in [1.54, 1.807) is 11.3 Å². The van der Waals surface area contributed by atoms with Gasteiger partial charge in [-0.05, 0) is 55.3 Å². The molecule has 0 radical (unpaired) electrons. The molecule has 2 atom stereocenters. The number of nitrogens with zero attached hydrogens (tertiary/aromatic N) is 1. The molecular formula is C16H20N2OS. The van der Waals surface area contributed by atoms with E-state index >= 15 is 0 Å². The van der Waals surface area contributed by atoms with Gasteiger partial charge in [0.15, 0.2) is 0 Å². The van der Waals surface area contributed by atoms with Gasteiger partial charge in [-0.3, -0.25) is 4.79 Å². The van der Waals surface area contributed by atoms with Gasteiger partial charge < -0.3 is 10.6 Å². The van der Waals surface area contributed by atoms with Gasteiger partial charge in [0.1, 0.15) is 0 Å². The summed E-state index contributed by atoms with van der Waals surface area (Å²) in [5.74, 6) is 0.751. The number of anilines is 1. The van der Waals surface area contributed by atoms with Crippen molar-refractivity contribution in [2.45, 2.75) is 32.7 Å². The normalized spacial score (nSPS) is 23.2. The van der Waals surface area contributed by atoms with E-state index in [9.17, 15) is 4.79 Å². The van der Waals surface area contributed by atoms with Crippen LogP contribution in [-0.2, 0) is 0 Å². The third-order valence-corrected chi connectivity index (χ3v) is 5.49. The number of rotatable bonds is 1. The summed E-state index contributed by atoms with van der Waals surface area (Å²) >= 11 is 1.56. The minimum Gasteiger partial charge on any atom is -0.399 e. The Morgan fingerprint density at radius 2 is 2.15 bits per heavy atom. The molecule has 1 aromatic heterocycles. The lowest BCUT2D eigenvalue weighted by Crippen LogP contribution is -2.45. The minimum atomic E-state index is 0.170. The highest BCUT2D eigenvalue weighted by Crippen LogP contribution is 2.31. The second-order valence-corrected chi connectivity index (χ2v) is 6.85. The average Bonchev–Trinajstić information content (AvgIpc) is 2.84. The molecule has 20 heavy (non-hydrogen) atoms. The van der Waals surface area contributed by atoms with Gasteiger partial charge >= 0.3 is 0 Å². The van der Waals surface area contributed by atoms with Crippen LogP contribution in [0.4, 0.5) is 5.69 Å². The van der Waals surface area contributed by atoms with Crippen molar-refractivity contribution in [3.8, 4) is 0 Å². The standard InChI is InChI=1S/C16H20N2OS/c1-10-4-3-7-18(11(10)2)16(19)15-9-12-8-13(17)5-6-14(12)20-15/h5-6,8-11H,3-4,7,17H2,1-2H3. The predicted molar refractivity (Wildman–Crippen MR) is 85.1 cm³/mol. The molecule has 106 valence electrons. The van der Waals surface area contributed by atoms with Crippen molar-refractivity contribution in [3.05, 3.63) is 29.1 Å². The molecule has 1 aliphatic heterocycles. The number of nitrogens with two attached hydrogens (primary N) is 1. The summed E-state index contributed by atoms with van der Waals surface area (Å²) in [4.78, 5) is 15.6. The fourth-order valence-electron chi connectivity index (χ4n) is 2.93. The lowest BCUT2D eigenvalue weighted by Gasteiger charge is -2.37. The highest BCUT2D eigenvalue weighted by Gasteiger charge is 2.29. The monoisotopic (exact) mass is 288 g/mol. The van der Waals surface area contributed by atoms with Crippen LogP contribution in [0.1, 0.15) is 36.4 Å².